The first-order valence-electron chi connectivity index (χ1n) is 14.3. The summed E-state index contributed by atoms with van der Waals surface area (Å²) < 4.78 is 5.88. The number of ether oxygens (including phenoxy) is 1. The molecule has 1 aliphatic rings. The number of amides is 2. The smallest absolute Gasteiger partial charge is 0.323 e. The highest BCUT2D eigenvalue weighted by Crippen LogP contribution is 2.27. The van der Waals surface area contributed by atoms with Crippen LogP contribution in [-0.2, 0) is 6.54 Å². The second-order valence-electron chi connectivity index (χ2n) is 9.99. The Morgan fingerprint density at radius 2 is 1.63 bits per heavy atom. The van der Waals surface area contributed by atoms with Crippen LogP contribution < -0.4 is 15.4 Å². The van der Waals surface area contributed by atoms with E-state index in [1.807, 2.05) is 24.3 Å². The Balaban J connectivity index is 1.28. The second kappa shape index (κ2) is 18.1. The average molecular weight is 558 g/mol. The van der Waals surface area contributed by atoms with E-state index in [1.165, 1.54) is 70.6 Å². The van der Waals surface area contributed by atoms with Crippen LogP contribution in [0.2, 0.25) is 5.02 Å². The first-order chi connectivity index (χ1) is 18.6. The highest BCUT2D eigenvalue weighted by atomic mass is 35.5. The Morgan fingerprint density at radius 3 is 2.29 bits per heavy atom. The molecule has 0 atom stereocenters. The van der Waals surface area contributed by atoms with Gasteiger partial charge >= 0.3 is 6.03 Å². The number of unbranched alkanes of at least 4 members (excludes halogenated alkanes) is 11. The van der Waals surface area contributed by atoms with E-state index in [2.05, 4.69) is 40.1 Å². The Bertz CT molecular complexity index is 1000. The summed E-state index contributed by atoms with van der Waals surface area (Å²) in [6, 6.07) is 13.0. The average Bonchev–Trinajstić information content (AvgIpc) is 3.41. The van der Waals surface area contributed by atoms with Crippen molar-refractivity contribution in [1.29, 1.82) is 0 Å². The first kappa shape index (κ1) is 30.2. The fourth-order valence-corrected chi connectivity index (χ4v) is 5.43. The maximum atomic E-state index is 12.5. The van der Waals surface area contributed by atoms with Gasteiger partial charge in [-0.25, -0.2) is 4.79 Å². The van der Waals surface area contributed by atoms with Crippen molar-refractivity contribution in [3.8, 4) is 5.75 Å². The van der Waals surface area contributed by atoms with Crippen LogP contribution in [-0.4, -0.2) is 23.4 Å². The second-order valence-corrected chi connectivity index (χ2v) is 11.3. The third-order valence-corrected chi connectivity index (χ3v) is 7.74. The zero-order chi connectivity index (χ0) is 26.8. The SMILES string of the molecule is CCCCCCCCCCCCCCOc1ccc(NC(=O)Nc2cccc(CN3C=CSC3)c2)c(Cl)c1. The molecule has 0 saturated heterocycles. The Hall–Kier alpha value is -2.31. The first-order valence-corrected chi connectivity index (χ1v) is 15.7. The van der Waals surface area contributed by atoms with Crippen LogP contribution in [0.1, 0.15) is 89.5 Å². The van der Waals surface area contributed by atoms with Gasteiger partial charge in [-0.2, -0.15) is 0 Å². The fourth-order valence-electron chi connectivity index (χ4n) is 4.50. The van der Waals surface area contributed by atoms with Crippen molar-refractivity contribution >= 4 is 40.8 Å². The van der Waals surface area contributed by atoms with Crippen LogP contribution >= 0.6 is 23.4 Å². The molecule has 0 radical (unpaired) electrons. The van der Waals surface area contributed by atoms with Gasteiger partial charge < -0.3 is 20.3 Å². The van der Waals surface area contributed by atoms with Crippen molar-refractivity contribution in [2.75, 3.05) is 23.1 Å². The molecule has 2 amide bonds. The zero-order valence-corrected chi connectivity index (χ0v) is 24.4. The van der Waals surface area contributed by atoms with Gasteiger partial charge in [-0.05, 0) is 41.7 Å². The van der Waals surface area contributed by atoms with Gasteiger partial charge in [0.1, 0.15) is 5.75 Å². The van der Waals surface area contributed by atoms with Gasteiger partial charge in [0.15, 0.2) is 0 Å². The predicted molar refractivity (Wildman–Crippen MR) is 164 cm³/mol. The Labute approximate surface area is 238 Å². The van der Waals surface area contributed by atoms with Crippen molar-refractivity contribution in [1.82, 2.24) is 4.90 Å². The number of nitrogens with zero attached hydrogens (tertiary/aromatic N) is 1. The van der Waals surface area contributed by atoms with Crippen molar-refractivity contribution < 1.29 is 9.53 Å². The lowest BCUT2D eigenvalue weighted by Gasteiger charge is -2.15. The lowest BCUT2D eigenvalue weighted by Crippen LogP contribution is -2.20. The number of carbonyl (C=O) groups excluding carboxylic acids is 1. The third-order valence-electron chi connectivity index (χ3n) is 6.63. The molecule has 1 aliphatic heterocycles. The highest BCUT2D eigenvalue weighted by molar-refractivity contribution is 8.02. The van der Waals surface area contributed by atoms with Crippen LogP contribution in [0, 0.1) is 0 Å². The van der Waals surface area contributed by atoms with Crippen LogP contribution in [0.15, 0.2) is 54.1 Å². The normalized spacial score (nSPS) is 12.6. The molecule has 0 saturated carbocycles. The molecule has 0 spiro atoms. The van der Waals surface area contributed by atoms with Crippen molar-refractivity contribution in [3.05, 3.63) is 64.7 Å². The number of halogens is 1. The number of hydrogen-bond acceptors (Lipinski definition) is 4. The molecule has 0 unspecified atom stereocenters. The number of benzene rings is 2. The molecule has 2 aromatic rings. The van der Waals surface area contributed by atoms with E-state index in [-0.39, 0.29) is 6.03 Å². The number of hydrogen-bond donors (Lipinski definition) is 2. The summed E-state index contributed by atoms with van der Waals surface area (Å²) in [5, 5.41) is 8.28. The molecule has 0 aromatic heterocycles. The van der Waals surface area contributed by atoms with E-state index in [0.717, 1.165) is 35.8 Å². The Morgan fingerprint density at radius 1 is 0.921 bits per heavy atom. The number of rotatable bonds is 18. The molecule has 1 heterocycles. The summed E-state index contributed by atoms with van der Waals surface area (Å²) in [6.45, 7) is 3.77. The maximum Gasteiger partial charge on any atom is 0.323 e. The molecule has 0 fully saturated rings. The summed E-state index contributed by atoms with van der Waals surface area (Å²) in [7, 11) is 0. The van der Waals surface area contributed by atoms with Crippen LogP contribution in [0.5, 0.6) is 5.75 Å². The minimum Gasteiger partial charge on any atom is -0.494 e. The van der Waals surface area contributed by atoms with Crippen molar-refractivity contribution in [2.45, 2.75) is 90.5 Å². The predicted octanol–water partition coefficient (Wildman–Crippen LogP) is 10.0. The van der Waals surface area contributed by atoms with Crippen LogP contribution in [0.4, 0.5) is 16.2 Å². The lowest BCUT2D eigenvalue weighted by molar-refractivity contribution is 0.262. The van der Waals surface area contributed by atoms with Gasteiger partial charge in [0.2, 0.25) is 0 Å². The highest BCUT2D eigenvalue weighted by Gasteiger charge is 2.10. The standard InChI is InChI=1S/C31H44ClN3O2S/c1-2-3-4-5-6-7-8-9-10-11-12-13-20-37-28-17-18-30(29(32)23-28)34-31(36)33-27-16-14-15-26(22-27)24-35-19-21-38-25-35/h14-19,21-23H,2-13,20,24-25H2,1H3,(H2,33,34,36). The molecule has 7 heteroatoms. The third kappa shape index (κ3) is 12.0. The summed E-state index contributed by atoms with van der Waals surface area (Å²) >= 11 is 8.19. The molecule has 38 heavy (non-hydrogen) atoms. The van der Waals surface area contributed by atoms with E-state index in [0.29, 0.717) is 17.3 Å². The largest absolute Gasteiger partial charge is 0.494 e. The maximum absolute atomic E-state index is 12.5. The van der Waals surface area contributed by atoms with E-state index < -0.39 is 0 Å². The summed E-state index contributed by atoms with van der Waals surface area (Å²) in [5.74, 6) is 1.68. The molecule has 2 N–H and O–H groups in total. The molecule has 208 valence electrons. The van der Waals surface area contributed by atoms with Gasteiger partial charge in [0.25, 0.3) is 0 Å². The fraction of sp³-hybridized carbons (Fsp3) is 0.516. The van der Waals surface area contributed by atoms with Crippen LogP contribution in [0.25, 0.3) is 0 Å². The molecule has 0 bridgehead atoms. The minimum absolute atomic E-state index is 0.328. The van der Waals surface area contributed by atoms with Gasteiger partial charge in [0, 0.05) is 24.5 Å². The lowest BCUT2D eigenvalue weighted by atomic mass is 10.1. The molecular formula is C31H44ClN3O2S. The number of nitrogens with one attached hydrogen (secondary N) is 2. The number of carbonyl (C=O) groups is 1. The zero-order valence-electron chi connectivity index (χ0n) is 22.9. The molecule has 2 aromatic carbocycles. The summed E-state index contributed by atoms with van der Waals surface area (Å²) in [6.07, 6.45) is 18.0. The Kier molecular flexibility index (Phi) is 14.4. The van der Waals surface area contributed by atoms with Gasteiger partial charge in [-0.3, -0.25) is 0 Å². The van der Waals surface area contributed by atoms with Gasteiger partial charge in [0.05, 0.1) is 23.2 Å². The minimum atomic E-state index is -0.328. The van der Waals surface area contributed by atoms with E-state index in [9.17, 15) is 4.79 Å². The van der Waals surface area contributed by atoms with Crippen molar-refractivity contribution in [2.24, 2.45) is 0 Å². The quantitative estimate of drug-likeness (QED) is 0.179. The molecule has 5 nitrogen and oxygen atoms in total. The molecular weight excluding hydrogens is 514 g/mol. The van der Waals surface area contributed by atoms with Gasteiger partial charge in [-0.1, -0.05) is 101 Å². The van der Waals surface area contributed by atoms with Crippen LogP contribution in [0.3, 0.4) is 0 Å². The number of thioether (sulfide) groups is 1. The van der Waals surface area contributed by atoms with E-state index >= 15 is 0 Å². The number of anilines is 2. The molecule has 3 rings (SSSR count). The monoisotopic (exact) mass is 557 g/mol. The topological polar surface area (TPSA) is 53.6 Å². The van der Waals surface area contributed by atoms with Crippen molar-refractivity contribution in [3.63, 3.8) is 0 Å². The number of urea groups is 1. The summed E-state index contributed by atoms with van der Waals surface area (Å²) in [5.41, 5.74) is 2.44. The van der Waals surface area contributed by atoms with E-state index in [4.69, 9.17) is 16.3 Å². The van der Waals surface area contributed by atoms with E-state index in [1.54, 1.807) is 23.9 Å². The summed E-state index contributed by atoms with van der Waals surface area (Å²) in [4.78, 5) is 14.8. The molecule has 0 aliphatic carbocycles. The van der Waals surface area contributed by atoms with Gasteiger partial charge in [-0.15, -0.1) is 11.8 Å².